The maximum absolute atomic E-state index is 12.9. The number of carbonyl (C=O) groups excluding carboxylic acids is 2. The number of aliphatic hydroxyl groups is 1. The van der Waals surface area contributed by atoms with E-state index < -0.39 is 36.4 Å². The third-order valence-electron chi connectivity index (χ3n) is 15.7. The molecule has 1 saturated heterocycles. The average Bonchev–Trinajstić information content (AvgIpc) is 1.67. The number of carboxylic acid groups (broad SMARTS) is 1. The molecule has 2 aromatic heterocycles. The molecule has 456 valence electrons. The van der Waals surface area contributed by atoms with Gasteiger partial charge in [0.15, 0.2) is 5.78 Å². The van der Waals surface area contributed by atoms with Gasteiger partial charge in [-0.3, -0.25) is 14.4 Å². The van der Waals surface area contributed by atoms with Crippen LogP contribution < -0.4 is 20.1 Å². The molecule has 6 aromatic rings. The molecule has 4 aromatic carbocycles. The van der Waals surface area contributed by atoms with Crippen LogP contribution in [0.3, 0.4) is 0 Å². The highest BCUT2D eigenvalue weighted by atomic mass is 19.4. The molecule has 0 bridgehead atoms. The summed E-state index contributed by atoms with van der Waals surface area (Å²) in [5.41, 5.74) is 6.50. The van der Waals surface area contributed by atoms with Crippen LogP contribution in [0, 0.1) is 41.4 Å². The third-order valence-corrected chi connectivity index (χ3v) is 15.7. The lowest BCUT2D eigenvalue weighted by Gasteiger charge is -2.45. The zero-order valence-corrected chi connectivity index (χ0v) is 49.4. The molecule has 22 heteroatoms. The normalized spacial score (nSPS) is 18.8. The van der Waals surface area contributed by atoms with Crippen molar-refractivity contribution >= 4 is 63.1 Å². The van der Waals surface area contributed by atoms with E-state index in [0.29, 0.717) is 45.4 Å². The Morgan fingerprint density at radius 3 is 1.48 bits per heavy atom. The molecule has 3 fully saturated rings. The Morgan fingerprint density at radius 1 is 0.667 bits per heavy atom. The van der Waals surface area contributed by atoms with Crippen LogP contribution in [0.5, 0.6) is 11.5 Å². The highest BCUT2D eigenvalue weighted by molar-refractivity contribution is 6.08. The lowest BCUT2D eigenvalue weighted by atomic mass is 9.63. The van der Waals surface area contributed by atoms with Gasteiger partial charge in [-0.15, -0.1) is 26.3 Å². The van der Waals surface area contributed by atoms with E-state index in [0.717, 1.165) is 60.7 Å². The van der Waals surface area contributed by atoms with Gasteiger partial charge in [-0.25, -0.2) is 9.97 Å². The second-order valence-corrected chi connectivity index (χ2v) is 25.6. The molecular weight excluding hydrogens is 1100 g/mol. The quantitative estimate of drug-likeness (QED) is 0.0291. The maximum Gasteiger partial charge on any atom is 0.573 e. The Kier molecular flexibility index (Phi) is 17.9. The van der Waals surface area contributed by atoms with Crippen molar-refractivity contribution in [3.63, 3.8) is 0 Å². The average molecular weight is 1180 g/mol. The smallest absolute Gasteiger partial charge is 0.481 e. The fourth-order valence-corrected chi connectivity index (χ4v) is 13.8. The first-order valence-corrected chi connectivity index (χ1v) is 28.2. The first-order chi connectivity index (χ1) is 39.1. The Labute approximate surface area is 484 Å². The highest BCUT2D eigenvalue weighted by Crippen LogP contribution is 2.54. The number of carboxylic acids is 1. The van der Waals surface area contributed by atoms with Crippen molar-refractivity contribution in [2.45, 2.75) is 158 Å². The summed E-state index contributed by atoms with van der Waals surface area (Å²) in [4.78, 5) is 47.0. The van der Waals surface area contributed by atoms with Crippen molar-refractivity contribution in [3.05, 3.63) is 95.1 Å². The molecule has 3 heterocycles. The first kappa shape index (κ1) is 63.1. The van der Waals surface area contributed by atoms with Crippen molar-refractivity contribution in [2.24, 2.45) is 27.6 Å². The topological polar surface area (TPSA) is 198 Å². The number of ketones is 1. The SMILES string of the molecule is CCOC(=O)CC(=O)c1cc2nc(Nc3ccc(OC(F)(F)F)cc3)n(C3CC(C)(C)CC(C)(C)C3)c2cc1C.Cc1cc2c(cc1C1(C(CCO)C(=O)O)OCCO1)nc(Nc1ccc(OC(F)(F)F)cc1)n2C1CC(C)(C)CC(C)(C)C1. The van der Waals surface area contributed by atoms with Gasteiger partial charge in [0.2, 0.25) is 17.7 Å². The van der Waals surface area contributed by atoms with E-state index in [9.17, 15) is 50.9 Å². The minimum Gasteiger partial charge on any atom is -0.481 e. The van der Waals surface area contributed by atoms with Crippen molar-refractivity contribution in [2.75, 3.05) is 37.1 Å². The van der Waals surface area contributed by atoms with Crippen LogP contribution in [-0.2, 0) is 29.6 Å². The maximum atomic E-state index is 12.9. The van der Waals surface area contributed by atoms with Gasteiger partial charge in [-0.1, -0.05) is 55.4 Å². The summed E-state index contributed by atoms with van der Waals surface area (Å²) in [6.07, 6.45) is -4.31. The molecule has 1 atom stereocenters. The Hall–Kier alpha value is -6.91. The number of Topliss-reactive ketones (excluding diaryl/α,β-unsaturated/α-hetero) is 1. The molecule has 16 nitrogen and oxygen atoms in total. The van der Waals surface area contributed by atoms with Crippen molar-refractivity contribution < 1.29 is 74.6 Å². The van der Waals surface area contributed by atoms with Crippen LogP contribution in [-0.4, -0.2) is 86.2 Å². The number of nitrogens with one attached hydrogen (secondary N) is 2. The predicted molar refractivity (Wildman–Crippen MR) is 305 cm³/mol. The summed E-state index contributed by atoms with van der Waals surface area (Å²) in [7, 11) is 0. The molecule has 0 spiro atoms. The summed E-state index contributed by atoms with van der Waals surface area (Å²) < 4.78 is 105. The number of hydrogen-bond acceptors (Lipinski definition) is 13. The second-order valence-electron chi connectivity index (χ2n) is 25.6. The Bertz CT molecular complexity index is 3330. The number of imidazole rings is 2. The van der Waals surface area contributed by atoms with Crippen molar-refractivity contribution in [3.8, 4) is 11.5 Å². The number of anilines is 4. The van der Waals surface area contributed by atoms with Gasteiger partial charge in [-0.05, 0) is 171 Å². The van der Waals surface area contributed by atoms with Crippen LogP contribution >= 0.6 is 0 Å². The van der Waals surface area contributed by atoms with E-state index in [1.807, 2.05) is 26.0 Å². The van der Waals surface area contributed by atoms with E-state index in [-0.39, 0.29) is 90.3 Å². The number of aromatic nitrogens is 4. The summed E-state index contributed by atoms with van der Waals surface area (Å²) >= 11 is 0. The second kappa shape index (κ2) is 23.9. The zero-order chi connectivity index (χ0) is 61.5. The minimum absolute atomic E-state index is 0.0421. The lowest BCUT2D eigenvalue weighted by molar-refractivity contribution is -0.275. The monoisotopic (exact) mass is 1180 g/mol. The van der Waals surface area contributed by atoms with Crippen molar-refractivity contribution in [1.29, 1.82) is 0 Å². The third kappa shape index (κ3) is 14.9. The number of hydrogen-bond donors (Lipinski definition) is 4. The number of benzene rings is 4. The first-order valence-electron chi connectivity index (χ1n) is 28.2. The van der Waals surface area contributed by atoms with Gasteiger partial charge in [0, 0.05) is 41.2 Å². The van der Waals surface area contributed by atoms with Gasteiger partial charge in [0.1, 0.15) is 23.8 Å². The number of rotatable bonds is 17. The summed E-state index contributed by atoms with van der Waals surface area (Å²) in [6.45, 7) is 23.7. The number of aryl methyl sites for hydroxylation is 2. The molecule has 0 radical (unpaired) electrons. The van der Waals surface area contributed by atoms with Gasteiger partial charge < -0.3 is 53.7 Å². The molecule has 1 aliphatic heterocycles. The molecule has 0 amide bonds. The van der Waals surface area contributed by atoms with Gasteiger partial charge in [-0.2, -0.15) is 0 Å². The molecule has 84 heavy (non-hydrogen) atoms. The van der Waals surface area contributed by atoms with E-state index in [4.69, 9.17) is 24.2 Å². The fraction of sp³-hybridized carbons (Fsp3) is 0.532. The summed E-state index contributed by atoms with van der Waals surface area (Å²) in [5, 5.41) is 26.3. The number of carbonyl (C=O) groups is 3. The number of aliphatic hydroxyl groups excluding tert-OH is 1. The number of ether oxygens (including phenoxy) is 5. The number of fused-ring (bicyclic) bond motifs is 2. The van der Waals surface area contributed by atoms with E-state index in [2.05, 4.69) is 84.6 Å². The van der Waals surface area contributed by atoms with Gasteiger partial charge in [0.25, 0.3) is 0 Å². The highest BCUT2D eigenvalue weighted by Gasteiger charge is 2.51. The number of aliphatic carboxylic acids is 1. The Balaban J connectivity index is 0.000000220. The van der Waals surface area contributed by atoms with Gasteiger partial charge >= 0.3 is 24.7 Å². The number of alkyl halides is 6. The van der Waals surface area contributed by atoms with E-state index >= 15 is 0 Å². The van der Waals surface area contributed by atoms with Crippen LogP contribution in [0.25, 0.3) is 22.1 Å². The molecule has 9 rings (SSSR count). The van der Waals surface area contributed by atoms with Gasteiger partial charge in [0.05, 0.1) is 41.9 Å². The number of esters is 1. The van der Waals surface area contributed by atoms with E-state index in [1.54, 1.807) is 19.1 Å². The largest absolute Gasteiger partial charge is 0.573 e. The van der Waals surface area contributed by atoms with Crippen molar-refractivity contribution in [1.82, 2.24) is 19.1 Å². The van der Waals surface area contributed by atoms with Crippen LogP contribution in [0.4, 0.5) is 49.6 Å². The number of halogens is 6. The van der Waals surface area contributed by atoms with E-state index in [1.165, 1.54) is 48.5 Å². The summed E-state index contributed by atoms with van der Waals surface area (Å²) in [5.74, 6) is -4.42. The minimum atomic E-state index is -4.79. The lowest BCUT2D eigenvalue weighted by Crippen LogP contribution is -2.42. The Morgan fingerprint density at radius 2 is 1.08 bits per heavy atom. The predicted octanol–water partition coefficient (Wildman–Crippen LogP) is 14.9. The fourth-order valence-electron chi connectivity index (χ4n) is 13.8. The van der Waals surface area contributed by atoms with Crippen LogP contribution in [0.2, 0.25) is 0 Å². The molecule has 2 saturated carbocycles. The molecule has 1 unspecified atom stereocenters. The molecular formula is C62H76F6N6O10. The molecule has 3 aliphatic rings. The van der Waals surface area contributed by atoms with Crippen LogP contribution in [0.1, 0.15) is 153 Å². The molecule has 2 aliphatic carbocycles. The number of nitrogens with zero attached hydrogens (tertiary/aromatic N) is 4. The summed E-state index contributed by atoms with van der Waals surface area (Å²) in [6, 6.07) is 18.5. The zero-order valence-electron chi connectivity index (χ0n) is 49.4. The van der Waals surface area contributed by atoms with Crippen LogP contribution in [0.15, 0.2) is 72.8 Å². The standard InChI is InChI=1S/C32H40F3N3O6.C30H36F3N3O4/c1-19-14-26-25(15-24(19)31(42-12-13-43-31)23(10-11-39)27(40)41)37-28(36-20-6-8-22(9-7-20)44-32(33,34)35)38(26)21-16-29(2,3)18-30(4,5)17-21;1-7-39-26(38)14-25(37)22-13-23-24(12-18(22)2)36(20-15-28(3,4)17-29(5,6)16-20)27(35-23)34-19-8-10-21(11-9-19)40-30(31,32)33/h6-9,14-15,21,23,39H,10-13,16-18H2,1-5H3,(H,36,37)(H,40,41);8-13,20H,7,14-17H2,1-6H3,(H,34,35). The molecule has 4 N–H and O–H groups in total.